The summed E-state index contributed by atoms with van der Waals surface area (Å²) in [6.45, 7) is 0. The number of anilines is 2. The van der Waals surface area contributed by atoms with Crippen molar-refractivity contribution in [2.24, 2.45) is 0 Å². The van der Waals surface area contributed by atoms with Gasteiger partial charge in [0.25, 0.3) is 0 Å². The third-order valence-electron chi connectivity index (χ3n) is 3.34. The Labute approximate surface area is 138 Å². The molecule has 122 valence electrons. The average molecular weight is 339 g/mol. The van der Waals surface area contributed by atoms with Crippen molar-refractivity contribution in [3.8, 4) is 0 Å². The van der Waals surface area contributed by atoms with Gasteiger partial charge in [-0.1, -0.05) is 17.7 Å². The Morgan fingerprint density at radius 3 is 2.48 bits per heavy atom. The monoisotopic (exact) mass is 338 g/mol. The van der Waals surface area contributed by atoms with Gasteiger partial charge in [0, 0.05) is 26.2 Å². The molecule has 0 fully saturated rings. The maximum atomic E-state index is 13.1. The molecule has 23 heavy (non-hydrogen) atoms. The Balaban J connectivity index is 1.94. The third-order valence-corrected chi connectivity index (χ3v) is 3.64. The molecule has 0 heterocycles. The summed E-state index contributed by atoms with van der Waals surface area (Å²) < 4.78 is 25.9. The average Bonchev–Trinajstić information content (AvgIpc) is 2.48. The van der Waals surface area contributed by atoms with E-state index in [0.717, 1.165) is 17.8 Å². The van der Waals surface area contributed by atoms with E-state index in [0.29, 0.717) is 22.7 Å². The smallest absolute Gasteiger partial charge is 0.224 e. The van der Waals surface area contributed by atoms with Crippen LogP contribution in [0.3, 0.4) is 0 Å². The summed E-state index contributed by atoms with van der Waals surface area (Å²) in [5.74, 6) is -2.02. The zero-order chi connectivity index (χ0) is 17.0. The van der Waals surface area contributed by atoms with Gasteiger partial charge in [0.2, 0.25) is 5.91 Å². The first kappa shape index (κ1) is 17.2. The van der Waals surface area contributed by atoms with Crippen LogP contribution in [0.1, 0.15) is 12.0 Å². The number of aryl methyl sites for hydroxylation is 1. The molecule has 3 nitrogen and oxygen atoms in total. The lowest BCUT2D eigenvalue weighted by Gasteiger charge is -2.15. The van der Waals surface area contributed by atoms with E-state index in [1.54, 1.807) is 12.1 Å². The van der Waals surface area contributed by atoms with Crippen LogP contribution in [0.15, 0.2) is 36.4 Å². The zero-order valence-electron chi connectivity index (χ0n) is 12.9. The molecule has 0 aliphatic carbocycles. The number of benzene rings is 2. The summed E-state index contributed by atoms with van der Waals surface area (Å²) >= 11 is 6.14. The van der Waals surface area contributed by atoms with Crippen LogP contribution in [-0.2, 0) is 11.2 Å². The number of hydrogen-bond donors (Lipinski definition) is 1. The first-order valence-corrected chi connectivity index (χ1v) is 7.45. The molecule has 1 N–H and O–H groups in total. The molecule has 6 heteroatoms. The molecule has 0 spiro atoms. The van der Waals surface area contributed by atoms with E-state index in [9.17, 15) is 13.6 Å². The van der Waals surface area contributed by atoms with Gasteiger partial charge in [0.1, 0.15) is 0 Å². The van der Waals surface area contributed by atoms with E-state index in [1.165, 1.54) is 6.07 Å². The van der Waals surface area contributed by atoms with Crippen LogP contribution in [0.25, 0.3) is 0 Å². The molecule has 0 aliphatic heterocycles. The van der Waals surface area contributed by atoms with Crippen LogP contribution in [0, 0.1) is 11.6 Å². The van der Waals surface area contributed by atoms with Crippen LogP contribution in [-0.4, -0.2) is 20.0 Å². The first-order valence-electron chi connectivity index (χ1n) is 7.07. The van der Waals surface area contributed by atoms with Gasteiger partial charge in [-0.2, -0.15) is 0 Å². The molecule has 2 aromatic rings. The van der Waals surface area contributed by atoms with Gasteiger partial charge < -0.3 is 10.2 Å². The topological polar surface area (TPSA) is 32.3 Å². The van der Waals surface area contributed by atoms with Gasteiger partial charge in [-0.15, -0.1) is 0 Å². The Bertz CT molecular complexity index is 720. The van der Waals surface area contributed by atoms with Crippen LogP contribution in [0.4, 0.5) is 20.2 Å². The van der Waals surface area contributed by atoms with Crippen molar-refractivity contribution < 1.29 is 13.6 Å². The first-order chi connectivity index (χ1) is 10.9. The van der Waals surface area contributed by atoms with Gasteiger partial charge in [-0.3, -0.25) is 4.79 Å². The van der Waals surface area contributed by atoms with Crippen molar-refractivity contribution in [3.05, 3.63) is 58.6 Å². The number of nitrogens with one attached hydrogen (secondary N) is 1. The fourth-order valence-corrected chi connectivity index (χ4v) is 2.47. The summed E-state index contributed by atoms with van der Waals surface area (Å²) in [5, 5.41) is 3.27. The number of rotatable bonds is 5. The number of hydrogen-bond acceptors (Lipinski definition) is 2. The highest BCUT2D eigenvalue weighted by Crippen LogP contribution is 2.27. The molecule has 0 radical (unpaired) electrons. The van der Waals surface area contributed by atoms with Gasteiger partial charge in [0.15, 0.2) is 11.6 Å². The highest BCUT2D eigenvalue weighted by molar-refractivity contribution is 6.33. The molecule has 0 aromatic heterocycles. The van der Waals surface area contributed by atoms with Crippen LogP contribution >= 0.6 is 11.6 Å². The van der Waals surface area contributed by atoms with Gasteiger partial charge in [0.05, 0.1) is 10.7 Å². The molecule has 0 saturated carbocycles. The van der Waals surface area contributed by atoms with E-state index in [4.69, 9.17) is 11.6 Å². The quantitative estimate of drug-likeness (QED) is 0.883. The van der Waals surface area contributed by atoms with E-state index in [1.807, 2.05) is 25.1 Å². The summed E-state index contributed by atoms with van der Waals surface area (Å²) in [5.41, 5.74) is 2.02. The lowest BCUT2D eigenvalue weighted by molar-refractivity contribution is -0.116. The summed E-state index contributed by atoms with van der Waals surface area (Å²) in [7, 11) is 3.75. The third kappa shape index (κ3) is 4.66. The standard InChI is InChI=1S/C17H17ClF2N2O/c1-22(2)16-7-5-12(10-13(16)18)21-17(23)8-4-11-3-6-14(19)15(20)9-11/h3,5-7,9-10H,4,8H2,1-2H3,(H,21,23). The van der Waals surface area contributed by atoms with Crippen LogP contribution < -0.4 is 10.2 Å². The SMILES string of the molecule is CN(C)c1ccc(NC(=O)CCc2ccc(F)c(F)c2)cc1Cl. The van der Waals surface area contributed by atoms with E-state index >= 15 is 0 Å². The van der Waals surface area contributed by atoms with Gasteiger partial charge >= 0.3 is 0 Å². The largest absolute Gasteiger partial charge is 0.376 e. The molecular weight excluding hydrogens is 322 g/mol. The van der Waals surface area contributed by atoms with E-state index < -0.39 is 11.6 Å². The van der Waals surface area contributed by atoms with Crippen molar-refractivity contribution >= 4 is 28.9 Å². The molecule has 0 aliphatic rings. The number of carbonyl (C=O) groups is 1. The van der Waals surface area contributed by atoms with Crippen molar-refractivity contribution in [3.63, 3.8) is 0 Å². The molecule has 2 aromatic carbocycles. The number of carbonyl (C=O) groups excluding carboxylic acids is 1. The second-order valence-electron chi connectivity index (χ2n) is 5.36. The Hall–Kier alpha value is -2.14. The molecule has 0 bridgehead atoms. The highest BCUT2D eigenvalue weighted by Gasteiger charge is 2.08. The lowest BCUT2D eigenvalue weighted by Crippen LogP contribution is -2.13. The zero-order valence-corrected chi connectivity index (χ0v) is 13.6. The number of halogens is 3. The fraction of sp³-hybridized carbons (Fsp3) is 0.235. The predicted octanol–water partition coefficient (Wildman–Crippen LogP) is 4.26. The molecule has 2 rings (SSSR count). The number of nitrogens with zero attached hydrogens (tertiary/aromatic N) is 1. The number of amides is 1. The normalized spacial score (nSPS) is 10.5. The maximum absolute atomic E-state index is 13.1. The molecule has 0 saturated heterocycles. The van der Waals surface area contributed by atoms with Crippen LogP contribution in [0.2, 0.25) is 5.02 Å². The minimum atomic E-state index is -0.908. The molecular formula is C17H17ClF2N2O. The van der Waals surface area contributed by atoms with E-state index in [2.05, 4.69) is 5.32 Å². The minimum Gasteiger partial charge on any atom is -0.376 e. The summed E-state index contributed by atoms with van der Waals surface area (Å²) in [6.07, 6.45) is 0.491. The van der Waals surface area contributed by atoms with E-state index in [-0.39, 0.29) is 12.3 Å². The fourth-order valence-electron chi connectivity index (χ4n) is 2.12. The van der Waals surface area contributed by atoms with Crippen LogP contribution in [0.5, 0.6) is 0 Å². The van der Waals surface area contributed by atoms with Crippen molar-refractivity contribution in [1.29, 1.82) is 0 Å². The Morgan fingerprint density at radius 2 is 1.87 bits per heavy atom. The maximum Gasteiger partial charge on any atom is 0.224 e. The summed E-state index contributed by atoms with van der Waals surface area (Å²) in [4.78, 5) is 13.8. The van der Waals surface area contributed by atoms with Crippen molar-refractivity contribution in [2.75, 3.05) is 24.3 Å². The second kappa shape index (κ2) is 7.42. The summed E-state index contributed by atoms with van der Waals surface area (Å²) in [6, 6.07) is 8.87. The Kier molecular flexibility index (Phi) is 5.55. The Morgan fingerprint density at radius 1 is 1.13 bits per heavy atom. The van der Waals surface area contributed by atoms with Gasteiger partial charge in [-0.25, -0.2) is 8.78 Å². The van der Waals surface area contributed by atoms with Crippen molar-refractivity contribution in [2.45, 2.75) is 12.8 Å². The predicted molar refractivity (Wildman–Crippen MR) is 89.1 cm³/mol. The molecule has 0 atom stereocenters. The molecule has 0 unspecified atom stereocenters. The second-order valence-corrected chi connectivity index (χ2v) is 5.76. The minimum absolute atomic E-state index is 0.165. The highest BCUT2D eigenvalue weighted by atomic mass is 35.5. The lowest BCUT2D eigenvalue weighted by atomic mass is 10.1. The molecule has 1 amide bonds. The van der Waals surface area contributed by atoms with Gasteiger partial charge in [-0.05, 0) is 42.3 Å². The van der Waals surface area contributed by atoms with Crippen molar-refractivity contribution in [1.82, 2.24) is 0 Å².